The van der Waals surface area contributed by atoms with Gasteiger partial charge < -0.3 is 4.74 Å². The summed E-state index contributed by atoms with van der Waals surface area (Å²) < 4.78 is 6.09. The first-order chi connectivity index (χ1) is 7.90. The molecule has 3 rings (SSSR count). The maximum atomic E-state index is 6.09. The molecule has 1 aliphatic rings. The Bertz CT molecular complexity index is 550. The topological polar surface area (TPSA) is 35.0 Å². The van der Waals surface area contributed by atoms with Crippen LogP contribution in [-0.2, 0) is 15.9 Å². The van der Waals surface area contributed by atoms with Crippen LogP contribution in [0.1, 0.15) is 39.0 Å². The lowest BCUT2D eigenvalue weighted by molar-refractivity contribution is -0.106. The lowest BCUT2D eigenvalue weighted by Crippen LogP contribution is -2.22. The zero-order valence-corrected chi connectivity index (χ0v) is 10.6. The fourth-order valence-electron chi connectivity index (χ4n) is 2.66. The van der Waals surface area contributed by atoms with E-state index < -0.39 is 0 Å². The third kappa shape index (κ3) is 1.46. The average Bonchev–Trinajstić information content (AvgIpc) is 2.43. The molecule has 0 saturated carbocycles. The van der Waals surface area contributed by atoms with E-state index in [9.17, 15) is 0 Å². The van der Waals surface area contributed by atoms with E-state index in [2.05, 4.69) is 43.7 Å². The minimum Gasteiger partial charge on any atom is -0.359 e. The van der Waals surface area contributed by atoms with Crippen molar-refractivity contribution in [3.8, 4) is 0 Å². The Morgan fingerprint density at radius 3 is 2.65 bits per heavy atom. The van der Waals surface area contributed by atoms with Crippen LogP contribution in [0.4, 0.5) is 0 Å². The van der Waals surface area contributed by atoms with Gasteiger partial charge in [-0.3, -0.25) is 0 Å². The van der Waals surface area contributed by atoms with Crippen molar-refractivity contribution in [2.45, 2.75) is 38.9 Å². The number of aromatic nitrogens is 2. The summed E-state index contributed by atoms with van der Waals surface area (Å²) in [6.07, 6.45) is 1.77. The summed E-state index contributed by atoms with van der Waals surface area (Å²) in [4.78, 5) is 8.97. The summed E-state index contributed by atoms with van der Waals surface area (Å²) in [6, 6.07) is 6.13. The Morgan fingerprint density at radius 1 is 1.12 bits per heavy atom. The average molecular weight is 228 g/mol. The Hall–Kier alpha value is -1.48. The van der Waals surface area contributed by atoms with Gasteiger partial charge in [-0.05, 0) is 45.9 Å². The molecule has 0 saturated heterocycles. The molecule has 0 spiro atoms. The monoisotopic (exact) mass is 228 g/mol. The number of fused-ring (bicyclic) bond motifs is 2. The first-order valence-electron chi connectivity index (χ1n) is 5.87. The number of hydrogen-bond acceptors (Lipinski definition) is 3. The van der Waals surface area contributed by atoms with E-state index in [0.29, 0.717) is 0 Å². The van der Waals surface area contributed by atoms with E-state index in [1.807, 2.05) is 12.1 Å². The van der Waals surface area contributed by atoms with Crippen molar-refractivity contribution in [3.63, 3.8) is 0 Å². The van der Waals surface area contributed by atoms with Crippen molar-refractivity contribution >= 4 is 11.0 Å². The van der Waals surface area contributed by atoms with Crippen LogP contribution in [0.25, 0.3) is 11.0 Å². The number of hydrogen-bond donors (Lipinski definition) is 0. The summed E-state index contributed by atoms with van der Waals surface area (Å²) in [5, 5.41) is 1.07. The molecule has 0 unspecified atom stereocenters. The van der Waals surface area contributed by atoms with Crippen LogP contribution in [0.15, 0.2) is 24.4 Å². The SMILES string of the molecule is CC1(C)OC(C)(C)c2nc3ncccc3cc21. The van der Waals surface area contributed by atoms with Crippen LogP contribution in [0, 0.1) is 0 Å². The summed E-state index contributed by atoms with van der Waals surface area (Å²) in [6.45, 7) is 8.29. The van der Waals surface area contributed by atoms with Gasteiger partial charge in [0, 0.05) is 17.1 Å². The van der Waals surface area contributed by atoms with Gasteiger partial charge in [-0.15, -0.1) is 0 Å². The van der Waals surface area contributed by atoms with Gasteiger partial charge in [-0.2, -0.15) is 0 Å². The molecule has 88 valence electrons. The molecule has 0 N–H and O–H groups in total. The van der Waals surface area contributed by atoms with E-state index in [1.54, 1.807) is 6.20 Å². The number of pyridine rings is 2. The molecule has 3 heteroatoms. The van der Waals surface area contributed by atoms with E-state index in [-0.39, 0.29) is 11.2 Å². The number of rotatable bonds is 0. The van der Waals surface area contributed by atoms with Crippen LogP contribution in [0.3, 0.4) is 0 Å². The van der Waals surface area contributed by atoms with Gasteiger partial charge in [0.15, 0.2) is 5.65 Å². The van der Waals surface area contributed by atoms with Crippen molar-refractivity contribution in [3.05, 3.63) is 35.7 Å². The van der Waals surface area contributed by atoms with Crippen molar-refractivity contribution in [2.75, 3.05) is 0 Å². The summed E-state index contributed by atoms with van der Waals surface area (Å²) in [7, 11) is 0. The fraction of sp³-hybridized carbons (Fsp3) is 0.429. The molecule has 2 aromatic rings. The minimum absolute atomic E-state index is 0.282. The van der Waals surface area contributed by atoms with Crippen molar-refractivity contribution < 1.29 is 4.74 Å². The molecule has 0 radical (unpaired) electrons. The predicted molar refractivity (Wildman–Crippen MR) is 66.7 cm³/mol. The summed E-state index contributed by atoms with van der Waals surface area (Å²) >= 11 is 0. The molecule has 0 fully saturated rings. The third-order valence-electron chi connectivity index (χ3n) is 3.32. The van der Waals surface area contributed by atoms with Gasteiger partial charge in [-0.25, -0.2) is 9.97 Å². The second-order valence-corrected chi connectivity index (χ2v) is 5.56. The third-order valence-corrected chi connectivity index (χ3v) is 3.32. The lowest BCUT2D eigenvalue weighted by atomic mass is 9.94. The first kappa shape index (κ1) is 10.7. The van der Waals surface area contributed by atoms with Crippen LogP contribution in [-0.4, -0.2) is 9.97 Å². The zero-order chi connectivity index (χ0) is 12.3. The lowest BCUT2D eigenvalue weighted by Gasteiger charge is -2.24. The number of nitrogens with zero attached hydrogens (tertiary/aromatic N) is 2. The van der Waals surface area contributed by atoms with E-state index in [1.165, 1.54) is 5.56 Å². The normalized spacial score (nSPS) is 20.5. The van der Waals surface area contributed by atoms with Gasteiger partial charge in [0.1, 0.15) is 5.60 Å². The molecule has 0 aliphatic carbocycles. The van der Waals surface area contributed by atoms with Crippen LogP contribution in [0.2, 0.25) is 0 Å². The van der Waals surface area contributed by atoms with E-state index in [0.717, 1.165) is 16.7 Å². The van der Waals surface area contributed by atoms with Gasteiger partial charge in [0.25, 0.3) is 0 Å². The smallest absolute Gasteiger partial charge is 0.159 e. The Morgan fingerprint density at radius 2 is 1.88 bits per heavy atom. The molecule has 0 amide bonds. The molecular formula is C14H16N2O. The van der Waals surface area contributed by atoms with Crippen LogP contribution < -0.4 is 0 Å². The summed E-state index contributed by atoms with van der Waals surface area (Å²) in [5.74, 6) is 0. The summed E-state index contributed by atoms with van der Waals surface area (Å²) in [5.41, 5.74) is 2.35. The van der Waals surface area contributed by atoms with Crippen LogP contribution >= 0.6 is 0 Å². The molecule has 3 heterocycles. The molecule has 2 aromatic heterocycles. The van der Waals surface area contributed by atoms with Crippen molar-refractivity contribution in [2.24, 2.45) is 0 Å². The fourth-order valence-corrected chi connectivity index (χ4v) is 2.66. The van der Waals surface area contributed by atoms with Gasteiger partial charge in [-0.1, -0.05) is 0 Å². The number of ether oxygens (including phenoxy) is 1. The molecule has 0 atom stereocenters. The van der Waals surface area contributed by atoms with Crippen molar-refractivity contribution in [1.29, 1.82) is 0 Å². The maximum absolute atomic E-state index is 6.09. The largest absolute Gasteiger partial charge is 0.359 e. The first-order valence-corrected chi connectivity index (χ1v) is 5.87. The molecule has 0 aromatic carbocycles. The Labute approximate surface area is 101 Å². The molecule has 3 nitrogen and oxygen atoms in total. The van der Waals surface area contributed by atoms with Crippen LogP contribution in [0.5, 0.6) is 0 Å². The Balaban J connectivity index is 2.37. The second-order valence-electron chi connectivity index (χ2n) is 5.56. The van der Waals surface area contributed by atoms with Gasteiger partial charge in [0.2, 0.25) is 0 Å². The highest BCUT2D eigenvalue weighted by atomic mass is 16.5. The predicted octanol–water partition coefficient (Wildman–Crippen LogP) is 3.13. The highest BCUT2D eigenvalue weighted by molar-refractivity contribution is 5.76. The Kier molecular flexibility index (Phi) is 1.91. The van der Waals surface area contributed by atoms with Crippen molar-refractivity contribution in [1.82, 2.24) is 9.97 Å². The van der Waals surface area contributed by atoms with E-state index in [4.69, 9.17) is 4.74 Å². The van der Waals surface area contributed by atoms with Gasteiger partial charge in [0.05, 0.1) is 11.3 Å². The molecule has 0 bridgehead atoms. The molecular weight excluding hydrogens is 212 g/mol. The molecule has 17 heavy (non-hydrogen) atoms. The highest BCUT2D eigenvalue weighted by Gasteiger charge is 2.44. The second kappa shape index (κ2) is 3.05. The quantitative estimate of drug-likeness (QED) is 0.695. The highest BCUT2D eigenvalue weighted by Crippen LogP contribution is 2.46. The zero-order valence-electron chi connectivity index (χ0n) is 10.6. The van der Waals surface area contributed by atoms with Gasteiger partial charge >= 0.3 is 0 Å². The molecule has 1 aliphatic heterocycles. The standard InChI is InChI=1S/C14H16N2O/c1-13(2)10-8-9-6-5-7-15-12(9)16-11(10)14(3,4)17-13/h5-8H,1-4H3. The van der Waals surface area contributed by atoms with E-state index >= 15 is 0 Å². The maximum Gasteiger partial charge on any atom is 0.159 e. The minimum atomic E-state index is -0.343.